The van der Waals surface area contributed by atoms with Gasteiger partial charge in [-0.3, -0.25) is 0 Å². The van der Waals surface area contributed by atoms with Gasteiger partial charge in [-0.05, 0) is 43.0 Å². The molecule has 2 aromatic carbocycles. The Morgan fingerprint density at radius 3 is 2.29 bits per heavy atom. The van der Waals surface area contributed by atoms with Gasteiger partial charge in [-0.2, -0.15) is 0 Å². The molecule has 4 N–H and O–H groups in total. The number of nitrogens with one attached hydrogen (secondary N) is 1. The average molecular weight is 348 g/mol. The molecule has 0 saturated heterocycles. The lowest BCUT2D eigenvalue weighted by Gasteiger charge is -2.17. The molecule has 0 spiro atoms. The van der Waals surface area contributed by atoms with Gasteiger partial charge < -0.3 is 10.4 Å². The van der Waals surface area contributed by atoms with Gasteiger partial charge in [0.15, 0.2) is 0 Å². The van der Waals surface area contributed by atoms with Crippen LogP contribution < -0.4 is 10.5 Å². The summed E-state index contributed by atoms with van der Waals surface area (Å²) in [7, 11) is -3.64. The van der Waals surface area contributed by atoms with Crippen molar-refractivity contribution in [2.24, 2.45) is 5.14 Å². The van der Waals surface area contributed by atoms with E-state index in [9.17, 15) is 13.5 Å². The summed E-state index contributed by atoms with van der Waals surface area (Å²) in [6.07, 6.45) is 1.18. The highest BCUT2D eigenvalue weighted by Crippen LogP contribution is 2.13. The Bertz CT molecular complexity index is 731. The zero-order chi connectivity index (χ0) is 17.6. The fraction of sp³-hybridized carbons (Fsp3) is 0.333. The first-order chi connectivity index (χ1) is 11.4. The van der Waals surface area contributed by atoms with Crippen LogP contribution in [0.2, 0.25) is 0 Å². The maximum atomic E-state index is 11.2. The summed E-state index contributed by atoms with van der Waals surface area (Å²) < 4.78 is 22.4. The molecule has 0 heterocycles. The van der Waals surface area contributed by atoms with Gasteiger partial charge in [0.1, 0.15) is 0 Å². The number of rotatable bonds is 8. The highest BCUT2D eigenvalue weighted by molar-refractivity contribution is 7.89. The number of hydrogen-bond donors (Lipinski definition) is 3. The normalized spacial score (nSPS) is 14.3. The Morgan fingerprint density at radius 1 is 1.08 bits per heavy atom. The van der Waals surface area contributed by atoms with Crippen LogP contribution in [-0.2, 0) is 16.4 Å². The monoisotopic (exact) mass is 348 g/mol. The zero-order valence-electron chi connectivity index (χ0n) is 13.7. The Balaban J connectivity index is 1.78. The molecule has 24 heavy (non-hydrogen) atoms. The van der Waals surface area contributed by atoms with E-state index in [0.717, 1.165) is 24.0 Å². The third kappa shape index (κ3) is 5.72. The summed E-state index contributed by atoms with van der Waals surface area (Å²) in [5.41, 5.74) is 1.95. The van der Waals surface area contributed by atoms with Gasteiger partial charge in [0, 0.05) is 12.6 Å². The van der Waals surface area contributed by atoms with Crippen LogP contribution in [0.5, 0.6) is 0 Å². The van der Waals surface area contributed by atoms with Gasteiger partial charge >= 0.3 is 0 Å². The number of primary sulfonamides is 1. The quantitative estimate of drug-likeness (QED) is 0.680. The molecule has 0 aliphatic carbocycles. The fourth-order valence-electron chi connectivity index (χ4n) is 2.44. The Labute approximate surface area is 143 Å². The van der Waals surface area contributed by atoms with Gasteiger partial charge in [-0.15, -0.1) is 0 Å². The molecule has 6 heteroatoms. The van der Waals surface area contributed by atoms with Crippen molar-refractivity contribution in [1.29, 1.82) is 0 Å². The van der Waals surface area contributed by atoms with Gasteiger partial charge in [-0.25, -0.2) is 13.6 Å². The third-order valence-corrected chi connectivity index (χ3v) is 4.89. The molecule has 0 aromatic heterocycles. The molecule has 0 aliphatic rings. The molecule has 0 aliphatic heterocycles. The maximum Gasteiger partial charge on any atom is 0.238 e. The van der Waals surface area contributed by atoms with Gasteiger partial charge in [-0.1, -0.05) is 42.5 Å². The lowest BCUT2D eigenvalue weighted by molar-refractivity contribution is 0.170. The minimum atomic E-state index is -3.64. The Kier molecular flexibility index (Phi) is 6.51. The second kappa shape index (κ2) is 8.39. The highest BCUT2D eigenvalue weighted by Gasteiger charge is 2.10. The van der Waals surface area contributed by atoms with E-state index < -0.39 is 16.1 Å². The SMILES string of the molecule is CC(CCc1ccc(S(N)(=O)=O)cc1)NCC(O)c1ccccc1. The lowest BCUT2D eigenvalue weighted by atomic mass is 10.1. The third-order valence-electron chi connectivity index (χ3n) is 3.96. The number of nitrogens with two attached hydrogens (primary N) is 1. The molecule has 0 radical (unpaired) electrons. The predicted molar refractivity (Wildman–Crippen MR) is 95.0 cm³/mol. The molecule has 2 unspecified atom stereocenters. The number of aryl methyl sites for hydroxylation is 1. The Morgan fingerprint density at radius 2 is 1.71 bits per heavy atom. The first-order valence-corrected chi connectivity index (χ1v) is 9.49. The van der Waals surface area contributed by atoms with Crippen molar-refractivity contribution in [1.82, 2.24) is 5.32 Å². The molecule has 5 nitrogen and oxygen atoms in total. The van der Waals surface area contributed by atoms with Crippen molar-refractivity contribution < 1.29 is 13.5 Å². The van der Waals surface area contributed by atoms with Crippen molar-refractivity contribution in [3.63, 3.8) is 0 Å². The van der Waals surface area contributed by atoms with Crippen molar-refractivity contribution in [2.45, 2.75) is 36.8 Å². The smallest absolute Gasteiger partial charge is 0.238 e. The lowest BCUT2D eigenvalue weighted by Crippen LogP contribution is -2.30. The zero-order valence-corrected chi connectivity index (χ0v) is 14.5. The first kappa shape index (κ1) is 18.6. The number of aliphatic hydroxyl groups is 1. The Hall–Kier alpha value is -1.73. The molecular weight excluding hydrogens is 324 g/mol. The summed E-state index contributed by atoms with van der Waals surface area (Å²) in [4.78, 5) is 0.128. The first-order valence-electron chi connectivity index (χ1n) is 7.94. The molecule has 0 fully saturated rings. The van der Waals surface area contributed by atoms with E-state index in [1.807, 2.05) is 30.3 Å². The largest absolute Gasteiger partial charge is 0.387 e. The average Bonchev–Trinajstić information content (AvgIpc) is 2.58. The van der Waals surface area contributed by atoms with E-state index in [1.165, 1.54) is 12.1 Å². The van der Waals surface area contributed by atoms with Crippen molar-refractivity contribution >= 4 is 10.0 Å². The van der Waals surface area contributed by atoms with Crippen LogP contribution in [-0.4, -0.2) is 26.1 Å². The van der Waals surface area contributed by atoms with Crippen LogP contribution in [0, 0.1) is 0 Å². The highest BCUT2D eigenvalue weighted by atomic mass is 32.2. The minimum Gasteiger partial charge on any atom is -0.387 e. The van der Waals surface area contributed by atoms with E-state index in [1.54, 1.807) is 12.1 Å². The van der Waals surface area contributed by atoms with Gasteiger partial charge in [0.05, 0.1) is 11.0 Å². The number of aliphatic hydroxyl groups excluding tert-OH is 1. The van der Waals surface area contributed by atoms with E-state index >= 15 is 0 Å². The summed E-state index contributed by atoms with van der Waals surface area (Å²) in [5.74, 6) is 0. The molecule has 2 atom stereocenters. The van der Waals surface area contributed by atoms with E-state index in [-0.39, 0.29) is 10.9 Å². The minimum absolute atomic E-state index is 0.128. The standard InChI is InChI=1S/C18H24N2O3S/c1-14(20-13-18(21)16-5-3-2-4-6-16)7-8-15-9-11-17(12-10-15)24(19,22)23/h2-6,9-12,14,18,20-21H,7-8,13H2,1H3,(H2,19,22,23). The maximum absolute atomic E-state index is 11.2. The molecule has 2 rings (SSSR count). The molecule has 2 aromatic rings. The van der Waals surface area contributed by atoms with Crippen LogP contribution in [0.4, 0.5) is 0 Å². The molecule has 0 saturated carbocycles. The van der Waals surface area contributed by atoms with E-state index in [2.05, 4.69) is 12.2 Å². The summed E-state index contributed by atoms with van der Waals surface area (Å²) in [6, 6.07) is 16.4. The second-order valence-electron chi connectivity index (χ2n) is 5.96. The molecule has 0 bridgehead atoms. The second-order valence-corrected chi connectivity index (χ2v) is 7.52. The van der Waals surface area contributed by atoms with Crippen LogP contribution in [0.25, 0.3) is 0 Å². The van der Waals surface area contributed by atoms with E-state index in [0.29, 0.717) is 6.54 Å². The van der Waals surface area contributed by atoms with Crippen molar-refractivity contribution in [2.75, 3.05) is 6.54 Å². The predicted octanol–water partition coefficient (Wildman–Crippen LogP) is 1.98. The van der Waals surface area contributed by atoms with Crippen LogP contribution in [0.1, 0.15) is 30.6 Å². The van der Waals surface area contributed by atoms with Gasteiger partial charge in [0.2, 0.25) is 10.0 Å². The molecule has 130 valence electrons. The summed E-state index contributed by atoms with van der Waals surface area (Å²) in [6.45, 7) is 2.56. The van der Waals surface area contributed by atoms with E-state index in [4.69, 9.17) is 5.14 Å². The number of benzene rings is 2. The fourth-order valence-corrected chi connectivity index (χ4v) is 2.95. The van der Waals surface area contributed by atoms with Crippen LogP contribution >= 0.6 is 0 Å². The van der Waals surface area contributed by atoms with Crippen molar-refractivity contribution in [3.8, 4) is 0 Å². The van der Waals surface area contributed by atoms with Crippen LogP contribution in [0.3, 0.4) is 0 Å². The van der Waals surface area contributed by atoms with Crippen molar-refractivity contribution in [3.05, 3.63) is 65.7 Å². The molecule has 0 amide bonds. The van der Waals surface area contributed by atoms with Crippen LogP contribution in [0.15, 0.2) is 59.5 Å². The summed E-state index contributed by atoms with van der Waals surface area (Å²) in [5, 5.41) is 18.5. The van der Waals surface area contributed by atoms with Gasteiger partial charge in [0.25, 0.3) is 0 Å². The molecular formula is C18H24N2O3S. The number of hydrogen-bond acceptors (Lipinski definition) is 4. The topological polar surface area (TPSA) is 92.4 Å². The number of sulfonamides is 1. The summed E-state index contributed by atoms with van der Waals surface area (Å²) >= 11 is 0.